The molecule has 0 radical (unpaired) electrons. The van der Waals surface area contributed by atoms with Crippen LogP contribution in [-0.4, -0.2) is 93.3 Å². The van der Waals surface area contributed by atoms with Crippen molar-refractivity contribution in [1.82, 2.24) is 20.0 Å². The summed E-state index contributed by atoms with van der Waals surface area (Å²) in [7, 11) is 0. The summed E-state index contributed by atoms with van der Waals surface area (Å²) >= 11 is 0. The summed E-state index contributed by atoms with van der Waals surface area (Å²) in [4.78, 5) is 71.8. The molecule has 12 heteroatoms. The van der Waals surface area contributed by atoms with Gasteiger partial charge in [0, 0.05) is 76.2 Å². The second-order valence-corrected chi connectivity index (χ2v) is 17.5. The second-order valence-electron chi connectivity index (χ2n) is 17.5. The van der Waals surface area contributed by atoms with E-state index in [1.54, 1.807) is 23.1 Å². The number of piperidine rings is 3. The summed E-state index contributed by atoms with van der Waals surface area (Å²) in [6, 6.07) is 27.7. The Labute approximate surface area is 348 Å². The number of amides is 5. The SMILES string of the molecule is O=C1CCC(N2C(=O)c3cc4c(cc3C2=O)CN(C2CCN(C(=O)C3(F)CCN(c5ccc([C@@H]6c7ccc(O)cc7CC[C@@H]6c6ccccc6)cc5)CC3)CC2)C4)C(=O)N1. The number of phenols is 1. The van der Waals surface area contributed by atoms with E-state index in [9.17, 15) is 29.1 Å². The van der Waals surface area contributed by atoms with Crippen molar-refractivity contribution in [3.63, 3.8) is 0 Å². The fourth-order valence-corrected chi connectivity index (χ4v) is 10.9. The molecule has 4 aromatic carbocycles. The smallest absolute Gasteiger partial charge is 0.262 e. The maximum absolute atomic E-state index is 16.5. The van der Waals surface area contributed by atoms with Gasteiger partial charge in [-0.2, -0.15) is 0 Å². The predicted molar refractivity (Wildman–Crippen MR) is 221 cm³/mol. The highest BCUT2D eigenvalue weighted by Crippen LogP contribution is 2.47. The van der Waals surface area contributed by atoms with Crippen LogP contribution in [0.4, 0.5) is 10.1 Å². The Hall–Kier alpha value is -5.88. The van der Waals surface area contributed by atoms with Gasteiger partial charge < -0.3 is 14.9 Å². The Morgan fingerprint density at radius 1 is 0.717 bits per heavy atom. The van der Waals surface area contributed by atoms with Gasteiger partial charge in [0.2, 0.25) is 11.8 Å². The zero-order chi connectivity index (χ0) is 41.3. The van der Waals surface area contributed by atoms with Crippen LogP contribution in [-0.2, 0) is 33.9 Å². The van der Waals surface area contributed by atoms with Gasteiger partial charge in [-0.25, -0.2) is 4.39 Å². The van der Waals surface area contributed by atoms with E-state index in [2.05, 4.69) is 69.7 Å². The van der Waals surface area contributed by atoms with E-state index in [1.165, 1.54) is 22.3 Å². The average Bonchev–Trinajstić information content (AvgIpc) is 3.79. The number of hydrogen-bond acceptors (Lipinski definition) is 8. The third kappa shape index (κ3) is 6.65. The largest absolute Gasteiger partial charge is 0.508 e. The molecule has 0 aromatic heterocycles. The monoisotopic (exact) mass is 809 g/mol. The average molecular weight is 810 g/mol. The van der Waals surface area contributed by atoms with Crippen LogP contribution in [0, 0.1) is 0 Å². The third-order valence-corrected chi connectivity index (χ3v) is 14.1. The number of fused-ring (bicyclic) bond motifs is 3. The van der Waals surface area contributed by atoms with Gasteiger partial charge >= 0.3 is 0 Å². The first-order valence-corrected chi connectivity index (χ1v) is 21.4. The summed E-state index contributed by atoms with van der Waals surface area (Å²) < 4.78 is 16.5. The van der Waals surface area contributed by atoms with Crippen LogP contribution in [0.1, 0.15) is 111 Å². The first-order chi connectivity index (χ1) is 29.0. The molecule has 5 amide bonds. The molecule has 3 saturated heterocycles. The van der Waals surface area contributed by atoms with Gasteiger partial charge in [-0.3, -0.25) is 39.1 Å². The second kappa shape index (κ2) is 15.0. The van der Waals surface area contributed by atoms with E-state index < -0.39 is 41.2 Å². The van der Waals surface area contributed by atoms with E-state index >= 15 is 4.39 Å². The normalized spacial score (nSPS) is 24.3. The van der Waals surface area contributed by atoms with Crippen LogP contribution in [0.15, 0.2) is 84.9 Å². The summed E-state index contributed by atoms with van der Waals surface area (Å²) in [5.41, 5.74) is 6.54. The van der Waals surface area contributed by atoms with Gasteiger partial charge in [0.15, 0.2) is 5.67 Å². The number of benzene rings is 4. The van der Waals surface area contributed by atoms with Crippen molar-refractivity contribution < 1.29 is 33.5 Å². The highest BCUT2D eigenvalue weighted by Gasteiger charge is 2.47. The number of phenolic OH excluding ortho intramolecular Hbond substituents is 1. The summed E-state index contributed by atoms with van der Waals surface area (Å²) in [6.07, 6.45) is 3.75. The fourth-order valence-electron chi connectivity index (χ4n) is 10.9. The Balaban J connectivity index is 0.745. The number of likely N-dealkylation sites (tertiary alicyclic amines) is 1. The van der Waals surface area contributed by atoms with Crippen LogP contribution in [0.25, 0.3) is 0 Å². The number of imide groups is 2. The minimum Gasteiger partial charge on any atom is -0.508 e. The number of aromatic hydroxyl groups is 1. The van der Waals surface area contributed by atoms with Crippen molar-refractivity contribution in [2.75, 3.05) is 31.1 Å². The Morgan fingerprint density at radius 3 is 2.03 bits per heavy atom. The zero-order valence-corrected chi connectivity index (χ0v) is 33.4. The molecule has 3 atom stereocenters. The Morgan fingerprint density at radius 2 is 1.38 bits per heavy atom. The molecular formula is C48H48FN5O6. The van der Waals surface area contributed by atoms with Gasteiger partial charge in [-0.1, -0.05) is 48.5 Å². The lowest BCUT2D eigenvalue weighted by Crippen LogP contribution is -2.55. The molecule has 10 rings (SSSR count). The summed E-state index contributed by atoms with van der Waals surface area (Å²) in [6.45, 7) is 3.02. The number of nitrogens with one attached hydrogen (secondary N) is 1. The van der Waals surface area contributed by atoms with E-state index in [-0.39, 0.29) is 48.8 Å². The molecule has 60 heavy (non-hydrogen) atoms. The van der Waals surface area contributed by atoms with E-state index in [0.29, 0.717) is 63.8 Å². The van der Waals surface area contributed by atoms with Crippen LogP contribution in [0.5, 0.6) is 5.75 Å². The molecule has 1 aliphatic carbocycles. The number of carbonyl (C=O) groups is 5. The van der Waals surface area contributed by atoms with Gasteiger partial charge in [0.1, 0.15) is 11.8 Å². The summed E-state index contributed by atoms with van der Waals surface area (Å²) in [5, 5.41) is 12.5. The van der Waals surface area contributed by atoms with Crippen molar-refractivity contribution >= 4 is 35.2 Å². The lowest BCUT2D eigenvalue weighted by Gasteiger charge is -2.42. The molecule has 5 aliphatic heterocycles. The van der Waals surface area contributed by atoms with E-state index in [0.717, 1.165) is 34.6 Å². The molecular weight excluding hydrogens is 762 g/mol. The van der Waals surface area contributed by atoms with Crippen molar-refractivity contribution in [2.24, 2.45) is 0 Å². The molecule has 5 heterocycles. The molecule has 6 aliphatic rings. The molecule has 2 N–H and O–H groups in total. The molecule has 0 bridgehead atoms. The quantitative estimate of drug-likeness (QED) is 0.228. The maximum atomic E-state index is 16.5. The first-order valence-electron chi connectivity index (χ1n) is 21.4. The first kappa shape index (κ1) is 38.3. The molecule has 1 unspecified atom stereocenters. The minimum atomic E-state index is -1.91. The third-order valence-electron chi connectivity index (χ3n) is 14.1. The van der Waals surface area contributed by atoms with Gasteiger partial charge in [0.05, 0.1) is 11.1 Å². The zero-order valence-electron chi connectivity index (χ0n) is 33.4. The maximum Gasteiger partial charge on any atom is 0.262 e. The predicted octanol–water partition coefficient (Wildman–Crippen LogP) is 5.97. The van der Waals surface area contributed by atoms with Crippen LogP contribution >= 0.6 is 0 Å². The number of alkyl halides is 1. The van der Waals surface area contributed by atoms with Crippen LogP contribution in [0.2, 0.25) is 0 Å². The molecule has 11 nitrogen and oxygen atoms in total. The lowest BCUT2D eigenvalue weighted by molar-refractivity contribution is -0.147. The Kier molecular flexibility index (Phi) is 9.58. The minimum absolute atomic E-state index is 0.0717. The highest BCUT2D eigenvalue weighted by molar-refractivity contribution is 6.23. The number of nitrogens with zero attached hydrogens (tertiary/aromatic N) is 4. The Bertz CT molecular complexity index is 2360. The van der Waals surface area contributed by atoms with Crippen molar-refractivity contribution in [3.8, 4) is 5.75 Å². The molecule has 0 spiro atoms. The molecule has 3 fully saturated rings. The number of anilines is 1. The highest BCUT2D eigenvalue weighted by atomic mass is 19.1. The van der Waals surface area contributed by atoms with Gasteiger partial charge in [0.25, 0.3) is 17.7 Å². The van der Waals surface area contributed by atoms with E-state index in [4.69, 9.17) is 0 Å². The van der Waals surface area contributed by atoms with Crippen LogP contribution in [0.3, 0.4) is 0 Å². The van der Waals surface area contributed by atoms with Crippen LogP contribution < -0.4 is 10.2 Å². The molecule has 0 saturated carbocycles. The topological polar surface area (TPSA) is 131 Å². The number of aryl methyl sites for hydroxylation is 1. The number of halogens is 1. The molecule has 4 aromatic rings. The molecule has 308 valence electrons. The number of hydrogen-bond donors (Lipinski definition) is 2. The van der Waals surface area contributed by atoms with Crippen molar-refractivity contribution in [3.05, 3.63) is 129 Å². The van der Waals surface area contributed by atoms with Gasteiger partial charge in [-0.15, -0.1) is 0 Å². The fraction of sp³-hybridized carbons (Fsp3) is 0.396. The van der Waals surface area contributed by atoms with Gasteiger partial charge in [-0.05, 0) is 108 Å². The summed E-state index contributed by atoms with van der Waals surface area (Å²) in [5.74, 6) is -1.73. The lowest BCUT2D eigenvalue weighted by atomic mass is 9.69. The number of rotatable bonds is 6. The van der Waals surface area contributed by atoms with Crippen molar-refractivity contribution in [1.29, 1.82) is 0 Å². The number of carbonyl (C=O) groups excluding carboxylic acids is 5. The standard InChI is InChI=1S/C48H48FN5O6/c49-48(18-22-51(23-19-48)34-9-6-30(7-10-34)43-37(29-4-2-1-3-5-29)12-8-31-24-36(55)11-13-38(31)43)47(60)52-20-16-35(17-21-52)53-27-32-25-39-40(26-33(32)28-53)46(59)54(45(39)58)41-14-15-42(56)50-44(41)57/h1-7,9-11,13,24-26,35,37,41,43,55H,8,12,14-23,27-28H2,(H,50,56,57)/t37-,41?,43+/m1/s1. The van der Waals surface area contributed by atoms with E-state index in [1.807, 2.05) is 12.1 Å². The van der Waals surface area contributed by atoms with Crippen molar-refractivity contribution in [2.45, 2.75) is 94.0 Å².